The van der Waals surface area contributed by atoms with Gasteiger partial charge in [-0.15, -0.1) is 0 Å². The number of rotatable bonds is 10. The van der Waals surface area contributed by atoms with Gasteiger partial charge in [-0.3, -0.25) is 14.9 Å². The van der Waals surface area contributed by atoms with Crippen LogP contribution in [0.4, 0.5) is 5.69 Å². The molecule has 2 aromatic carbocycles. The first-order chi connectivity index (χ1) is 16.8. The van der Waals surface area contributed by atoms with Crippen LogP contribution in [0.5, 0.6) is 0 Å². The zero-order valence-electron chi connectivity index (χ0n) is 18.8. The Morgan fingerprint density at radius 3 is 2.46 bits per heavy atom. The molecule has 11 heteroatoms. The smallest absolute Gasteiger partial charge is 0.269 e. The van der Waals surface area contributed by atoms with E-state index >= 15 is 0 Å². The monoisotopic (exact) mass is 497 g/mol. The number of ether oxygens (including phenoxy) is 1. The largest absolute Gasteiger partial charge is 0.456 e. The van der Waals surface area contributed by atoms with E-state index in [4.69, 9.17) is 9.15 Å². The van der Waals surface area contributed by atoms with Crippen molar-refractivity contribution in [3.63, 3.8) is 0 Å². The lowest BCUT2D eigenvalue weighted by molar-refractivity contribution is -0.384. The van der Waals surface area contributed by atoms with Crippen LogP contribution >= 0.6 is 0 Å². The third kappa shape index (κ3) is 6.77. The number of carbonyl (C=O) groups is 1. The number of non-ortho nitro benzene ring substituents is 1. The van der Waals surface area contributed by atoms with Crippen LogP contribution in [0.2, 0.25) is 0 Å². The van der Waals surface area contributed by atoms with E-state index in [1.54, 1.807) is 12.1 Å². The Morgan fingerprint density at radius 1 is 1.14 bits per heavy atom. The lowest BCUT2D eigenvalue weighted by Gasteiger charge is -2.28. The molecular weight excluding hydrogens is 474 g/mol. The van der Waals surface area contributed by atoms with E-state index in [1.807, 2.05) is 30.3 Å². The summed E-state index contributed by atoms with van der Waals surface area (Å²) in [6.07, 6.45) is 1.43. The van der Waals surface area contributed by atoms with Gasteiger partial charge in [-0.25, -0.2) is 8.42 Å². The van der Waals surface area contributed by atoms with Gasteiger partial charge in [-0.2, -0.15) is 4.31 Å². The summed E-state index contributed by atoms with van der Waals surface area (Å²) in [4.78, 5) is 22.9. The maximum absolute atomic E-state index is 13.5. The molecule has 1 heterocycles. The summed E-state index contributed by atoms with van der Waals surface area (Å²) in [6, 6.07) is 15.6. The number of nitro benzene ring substituents is 1. The van der Waals surface area contributed by atoms with E-state index in [2.05, 4.69) is 17.2 Å². The Labute approximate surface area is 202 Å². The molecule has 1 N–H and O–H groups in total. The zero-order valence-corrected chi connectivity index (χ0v) is 19.6. The van der Waals surface area contributed by atoms with E-state index < -0.39 is 26.9 Å². The average Bonchev–Trinajstić information content (AvgIpc) is 3.39. The summed E-state index contributed by atoms with van der Waals surface area (Å²) in [6.45, 7) is -0.437. The van der Waals surface area contributed by atoms with Crippen molar-refractivity contribution in [1.29, 1.82) is 0 Å². The molecule has 0 aliphatic carbocycles. The molecule has 1 amide bonds. The van der Waals surface area contributed by atoms with Crippen LogP contribution in [0.1, 0.15) is 11.3 Å². The average molecular weight is 498 g/mol. The molecule has 0 aliphatic heterocycles. The SMILES string of the molecule is CNC(=O)[C@H](COCc1ccccc1)N(CC#Cc1ccco1)S(=O)(=O)c1ccc([N+](=O)[O-])cc1. The fraction of sp³-hybridized carbons (Fsp3) is 0.208. The van der Waals surface area contributed by atoms with Gasteiger partial charge in [0.25, 0.3) is 5.69 Å². The fourth-order valence-corrected chi connectivity index (χ4v) is 4.59. The number of benzene rings is 2. The molecule has 0 saturated heterocycles. The molecule has 10 nitrogen and oxygen atoms in total. The highest BCUT2D eigenvalue weighted by Crippen LogP contribution is 2.22. The quantitative estimate of drug-likeness (QED) is 0.259. The number of nitrogens with zero attached hydrogens (tertiary/aromatic N) is 2. The van der Waals surface area contributed by atoms with E-state index in [9.17, 15) is 23.3 Å². The van der Waals surface area contributed by atoms with Gasteiger partial charge in [0.15, 0.2) is 5.76 Å². The van der Waals surface area contributed by atoms with E-state index in [0.29, 0.717) is 5.76 Å². The Morgan fingerprint density at radius 2 is 1.86 bits per heavy atom. The summed E-state index contributed by atoms with van der Waals surface area (Å²) in [5.41, 5.74) is 0.590. The van der Waals surface area contributed by atoms with Crippen LogP contribution in [0.3, 0.4) is 0 Å². The van der Waals surface area contributed by atoms with Crippen molar-refractivity contribution in [3.05, 3.63) is 94.4 Å². The summed E-state index contributed by atoms with van der Waals surface area (Å²) in [7, 11) is -2.91. The van der Waals surface area contributed by atoms with Crippen LogP contribution in [0.15, 0.2) is 82.3 Å². The molecule has 0 aliphatic rings. The molecule has 1 atom stereocenters. The van der Waals surface area contributed by atoms with Crippen molar-refractivity contribution in [2.45, 2.75) is 17.5 Å². The van der Waals surface area contributed by atoms with Crippen molar-refractivity contribution in [2.24, 2.45) is 0 Å². The van der Waals surface area contributed by atoms with Gasteiger partial charge in [-0.1, -0.05) is 36.3 Å². The lowest BCUT2D eigenvalue weighted by Crippen LogP contribution is -2.51. The van der Waals surface area contributed by atoms with Crippen LogP contribution in [0, 0.1) is 22.0 Å². The van der Waals surface area contributed by atoms with Crippen molar-refractivity contribution in [1.82, 2.24) is 9.62 Å². The molecule has 0 saturated carbocycles. The Bertz CT molecular complexity index is 1300. The normalized spacial score (nSPS) is 11.9. The standard InChI is InChI=1S/C24H23N3O7S/c1-25-24(28)23(18-33-17-19-7-3-2-4-8-19)26(15-5-9-21-10-6-16-34-21)35(31,32)22-13-11-20(12-14-22)27(29)30/h2-4,6-8,10-14,16,23H,15,17-18H2,1H3,(H,25,28)/t23-/m0/s1. The Kier molecular flexibility index (Phi) is 8.74. The van der Waals surface area contributed by atoms with E-state index in [1.165, 1.54) is 13.3 Å². The molecule has 3 rings (SSSR count). The highest BCUT2D eigenvalue weighted by molar-refractivity contribution is 7.89. The van der Waals surface area contributed by atoms with Crippen molar-refractivity contribution < 1.29 is 27.3 Å². The number of hydrogen-bond donors (Lipinski definition) is 1. The molecule has 182 valence electrons. The van der Waals surface area contributed by atoms with Crippen LogP contribution < -0.4 is 5.32 Å². The van der Waals surface area contributed by atoms with Gasteiger partial charge in [0.2, 0.25) is 15.9 Å². The van der Waals surface area contributed by atoms with Gasteiger partial charge >= 0.3 is 0 Å². The molecule has 0 spiro atoms. The molecular formula is C24H23N3O7S. The summed E-state index contributed by atoms with van der Waals surface area (Å²) < 4.78 is 38.8. The van der Waals surface area contributed by atoms with Crippen LogP contribution in [0.25, 0.3) is 0 Å². The minimum atomic E-state index is -4.30. The van der Waals surface area contributed by atoms with E-state index in [-0.39, 0.29) is 30.3 Å². The number of hydrogen-bond acceptors (Lipinski definition) is 7. The maximum Gasteiger partial charge on any atom is 0.269 e. The number of carbonyl (C=O) groups excluding carboxylic acids is 1. The molecule has 0 bridgehead atoms. The second kappa shape index (κ2) is 11.9. The first kappa shape index (κ1) is 25.6. The van der Waals surface area contributed by atoms with Gasteiger partial charge in [0.1, 0.15) is 6.04 Å². The number of likely N-dealkylation sites (N-methyl/N-ethyl adjacent to an activating group) is 1. The number of nitro groups is 1. The van der Waals surface area contributed by atoms with Crippen LogP contribution in [-0.4, -0.2) is 49.8 Å². The third-order valence-electron chi connectivity index (χ3n) is 4.91. The molecule has 0 radical (unpaired) electrons. The van der Waals surface area contributed by atoms with Crippen molar-refractivity contribution in [2.75, 3.05) is 20.2 Å². The summed E-state index contributed by atoms with van der Waals surface area (Å²) in [5, 5.41) is 13.4. The van der Waals surface area contributed by atoms with Crippen molar-refractivity contribution in [3.8, 4) is 11.8 Å². The number of furan rings is 1. The number of nitrogens with one attached hydrogen (secondary N) is 1. The second-order valence-electron chi connectivity index (χ2n) is 7.21. The number of sulfonamides is 1. The highest BCUT2D eigenvalue weighted by Gasteiger charge is 2.35. The molecule has 35 heavy (non-hydrogen) atoms. The Balaban J connectivity index is 1.92. The van der Waals surface area contributed by atoms with Crippen molar-refractivity contribution >= 4 is 21.6 Å². The predicted octanol–water partition coefficient (Wildman–Crippen LogP) is 2.56. The zero-order chi connectivity index (χ0) is 25.3. The van der Waals surface area contributed by atoms with Crippen LogP contribution in [-0.2, 0) is 26.2 Å². The Hall–Kier alpha value is -3.98. The first-order valence-electron chi connectivity index (χ1n) is 10.4. The second-order valence-corrected chi connectivity index (χ2v) is 9.10. The molecule has 3 aromatic rings. The first-order valence-corrected chi connectivity index (χ1v) is 11.9. The third-order valence-corrected chi connectivity index (χ3v) is 6.77. The predicted molar refractivity (Wildman–Crippen MR) is 127 cm³/mol. The summed E-state index contributed by atoms with van der Waals surface area (Å²) >= 11 is 0. The highest BCUT2D eigenvalue weighted by atomic mass is 32.2. The summed E-state index contributed by atoms with van der Waals surface area (Å²) in [5.74, 6) is 5.17. The lowest BCUT2D eigenvalue weighted by atomic mass is 10.2. The molecule has 0 unspecified atom stereocenters. The minimum Gasteiger partial charge on any atom is -0.456 e. The van der Waals surface area contributed by atoms with Gasteiger partial charge in [0, 0.05) is 19.2 Å². The maximum atomic E-state index is 13.5. The number of amides is 1. The molecule has 1 aromatic heterocycles. The van der Waals surface area contributed by atoms with Gasteiger partial charge < -0.3 is 14.5 Å². The fourth-order valence-electron chi connectivity index (χ4n) is 3.11. The van der Waals surface area contributed by atoms with Gasteiger partial charge in [0.05, 0.1) is 35.8 Å². The van der Waals surface area contributed by atoms with E-state index in [0.717, 1.165) is 34.1 Å². The van der Waals surface area contributed by atoms with Gasteiger partial charge in [-0.05, 0) is 35.7 Å². The minimum absolute atomic E-state index is 0.165. The molecule has 0 fully saturated rings. The topological polar surface area (TPSA) is 132 Å².